The summed E-state index contributed by atoms with van der Waals surface area (Å²) in [5.74, 6) is 1.56. The number of rotatable bonds is 3. The van der Waals surface area contributed by atoms with E-state index in [0.29, 0.717) is 25.3 Å². The normalized spacial score (nSPS) is 22.3. The summed E-state index contributed by atoms with van der Waals surface area (Å²) in [5.41, 5.74) is 6.11. The van der Waals surface area contributed by atoms with Gasteiger partial charge in [0.1, 0.15) is 11.8 Å². The molecule has 0 N–H and O–H groups in total. The van der Waals surface area contributed by atoms with Crippen molar-refractivity contribution in [2.24, 2.45) is 10.9 Å². The molecule has 1 saturated carbocycles. The molecule has 1 aromatic carbocycles. The topological polar surface area (TPSA) is 59.0 Å². The van der Waals surface area contributed by atoms with E-state index in [4.69, 9.17) is 4.74 Å². The molecule has 0 spiro atoms. The van der Waals surface area contributed by atoms with E-state index in [0.717, 1.165) is 16.9 Å². The van der Waals surface area contributed by atoms with Crippen LogP contribution in [-0.4, -0.2) is 43.0 Å². The zero-order chi connectivity index (χ0) is 23.1. The second-order valence-corrected chi connectivity index (χ2v) is 8.61. The summed E-state index contributed by atoms with van der Waals surface area (Å²) >= 11 is 0. The first-order valence-corrected chi connectivity index (χ1v) is 11.4. The molecule has 1 heterocycles. The maximum atomic E-state index is 12.1. The standard InChI is InChI=1S/C15H19NO3.C11H19N/c1-4-14(18)16-9-8-12(17)15(16)11-6-5-7-13(19-3)10(11)2;1-8(2)10-7-5-6-9(3)11(10)12-4/h5-7,15H,4,8-9H2,1-3H3;9H,5-7H2,1-4H3/t15-;9-/m10/s1. The van der Waals surface area contributed by atoms with Gasteiger partial charge in [-0.15, -0.1) is 0 Å². The SMILES string of the molecule is CCC(=O)N1CCC(=O)[C@H]1c1cccc(OC)c1C.CN=C1C(=C(C)C)CCC[C@@H]1C. The van der Waals surface area contributed by atoms with Crippen LogP contribution in [0.25, 0.3) is 0 Å². The van der Waals surface area contributed by atoms with Crippen LogP contribution in [0.15, 0.2) is 34.3 Å². The Kier molecular flexibility index (Phi) is 9.02. The molecule has 0 unspecified atom stereocenters. The van der Waals surface area contributed by atoms with Crippen LogP contribution < -0.4 is 4.74 Å². The number of carbonyl (C=O) groups excluding carboxylic acids is 2. The Morgan fingerprint density at radius 1 is 1.26 bits per heavy atom. The van der Waals surface area contributed by atoms with Gasteiger partial charge in [0.05, 0.1) is 7.11 Å². The third kappa shape index (κ3) is 5.63. The predicted octanol–water partition coefficient (Wildman–Crippen LogP) is 5.47. The fourth-order valence-electron chi connectivity index (χ4n) is 4.64. The zero-order valence-electron chi connectivity index (χ0n) is 20.2. The van der Waals surface area contributed by atoms with Crippen LogP contribution in [-0.2, 0) is 9.59 Å². The number of benzene rings is 1. The molecule has 1 amide bonds. The number of likely N-dealkylation sites (tertiary alicyclic amines) is 1. The lowest BCUT2D eigenvalue weighted by Crippen LogP contribution is -2.32. The van der Waals surface area contributed by atoms with Gasteiger partial charge < -0.3 is 9.64 Å². The molecule has 2 aliphatic rings. The molecule has 5 nitrogen and oxygen atoms in total. The Balaban J connectivity index is 0.000000245. The minimum Gasteiger partial charge on any atom is -0.496 e. The Bertz CT molecular complexity index is 865. The van der Waals surface area contributed by atoms with E-state index in [-0.39, 0.29) is 11.7 Å². The first-order chi connectivity index (χ1) is 14.8. The molecule has 31 heavy (non-hydrogen) atoms. The van der Waals surface area contributed by atoms with Crippen molar-refractivity contribution in [1.82, 2.24) is 4.90 Å². The predicted molar refractivity (Wildman–Crippen MR) is 127 cm³/mol. The van der Waals surface area contributed by atoms with Crippen molar-refractivity contribution in [3.8, 4) is 5.75 Å². The van der Waals surface area contributed by atoms with Crippen molar-refractivity contribution in [3.05, 3.63) is 40.5 Å². The van der Waals surface area contributed by atoms with Crippen molar-refractivity contribution < 1.29 is 14.3 Å². The number of aliphatic imine (C=N–C) groups is 1. The van der Waals surface area contributed by atoms with Gasteiger partial charge in [-0.2, -0.15) is 0 Å². The van der Waals surface area contributed by atoms with Gasteiger partial charge in [-0.3, -0.25) is 14.6 Å². The number of hydrogen-bond donors (Lipinski definition) is 0. The number of ketones is 1. The lowest BCUT2D eigenvalue weighted by Gasteiger charge is -2.25. The van der Waals surface area contributed by atoms with E-state index in [1.165, 1.54) is 36.1 Å². The number of carbonyl (C=O) groups is 2. The molecule has 0 bridgehead atoms. The van der Waals surface area contributed by atoms with E-state index < -0.39 is 6.04 Å². The highest BCUT2D eigenvalue weighted by molar-refractivity contribution is 6.02. The second kappa shape index (κ2) is 11.3. The Morgan fingerprint density at radius 2 is 1.97 bits per heavy atom. The van der Waals surface area contributed by atoms with Gasteiger partial charge in [0.2, 0.25) is 5.91 Å². The van der Waals surface area contributed by atoms with Gasteiger partial charge in [0.25, 0.3) is 0 Å². The average molecular weight is 427 g/mol. The first kappa shape index (κ1) is 24.8. The molecule has 1 saturated heterocycles. The van der Waals surface area contributed by atoms with Gasteiger partial charge >= 0.3 is 0 Å². The summed E-state index contributed by atoms with van der Waals surface area (Å²) in [6.07, 6.45) is 4.74. The molecule has 0 radical (unpaired) electrons. The molecule has 170 valence electrons. The summed E-state index contributed by atoms with van der Waals surface area (Å²) in [4.78, 5) is 30.1. The quantitative estimate of drug-likeness (QED) is 0.644. The Morgan fingerprint density at radius 3 is 2.52 bits per heavy atom. The number of Topliss-reactive ketones (excluding diaryl/α,β-unsaturated/α-hetero) is 1. The Labute approximate surface area is 187 Å². The lowest BCUT2D eigenvalue weighted by molar-refractivity contribution is -0.134. The minimum atomic E-state index is -0.442. The van der Waals surface area contributed by atoms with Crippen LogP contribution in [0.4, 0.5) is 0 Å². The highest BCUT2D eigenvalue weighted by atomic mass is 16.5. The second-order valence-electron chi connectivity index (χ2n) is 8.61. The third-order valence-corrected chi connectivity index (χ3v) is 6.36. The molecular weight excluding hydrogens is 388 g/mol. The molecule has 1 aromatic rings. The number of allylic oxidation sites excluding steroid dienone is 2. The number of methoxy groups -OCH3 is 1. The summed E-state index contributed by atoms with van der Waals surface area (Å²) < 4.78 is 5.29. The molecule has 0 aromatic heterocycles. The van der Waals surface area contributed by atoms with E-state index >= 15 is 0 Å². The number of nitrogens with zero attached hydrogens (tertiary/aromatic N) is 2. The number of hydrogen-bond acceptors (Lipinski definition) is 4. The number of amides is 1. The lowest BCUT2D eigenvalue weighted by atomic mass is 9.83. The summed E-state index contributed by atoms with van der Waals surface area (Å²) in [6, 6.07) is 5.19. The maximum absolute atomic E-state index is 12.1. The van der Waals surface area contributed by atoms with Gasteiger partial charge in [0, 0.05) is 32.1 Å². The van der Waals surface area contributed by atoms with Crippen LogP contribution in [0.2, 0.25) is 0 Å². The van der Waals surface area contributed by atoms with Crippen molar-refractivity contribution in [2.75, 3.05) is 20.7 Å². The molecule has 1 aliphatic carbocycles. The van der Waals surface area contributed by atoms with Gasteiger partial charge in [-0.1, -0.05) is 31.6 Å². The van der Waals surface area contributed by atoms with Crippen molar-refractivity contribution in [3.63, 3.8) is 0 Å². The maximum Gasteiger partial charge on any atom is 0.223 e. The van der Waals surface area contributed by atoms with Crippen molar-refractivity contribution in [1.29, 1.82) is 0 Å². The average Bonchev–Trinajstić information content (AvgIpc) is 3.14. The van der Waals surface area contributed by atoms with Crippen LogP contribution in [0, 0.1) is 12.8 Å². The fraction of sp³-hybridized carbons (Fsp3) is 0.577. The summed E-state index contributed by atoms with van der Waals surface area (Å²) in [5, 5.41) is 0. The molecule has 5 heteroatoms. The van der Waals surface area contributed by atoms with Crippen LogP contribution in [0.1, 0.15) is 77.0 Å². The molecule has 1 aliphatic heterocycles. The monoisotopic (exact) mass is 426 g/mol. The van der Waals surface area contributed by atoms with E-state index in [1.807, 2.05) is 39.1 Å². The number of ether oxygens (including phenoxy) is 1. The fourth-order valence-corrected chi connectivity index (χ4v) is 4.64. The van der Waals surface area contributed by atoms with E-state index in [9.17, 15) is 9.59 Å². The molecular formula is C26H38N2O3. The van der Waals surface area contributed by atoms with Crippen molar-refractivity contribution >= 4 is 17.4 Å². The van der Waals surface area contributed by atoms with Crippen molar-refractivity contribution in [2.45, 2.75) is 72.8 Å². The highest BCUT2D eigenvalue weighted by Crippen LogP contribution is 2.34. The molecule has 2 atom stereocenters. The van der Waals surface area contributed by atoms with E-state index in [2.05, 4.69) is 25.8 Å². The molecule has 3 rings (SSSR count). The Hall–Kier alpha value is -2.43. The first-order valence-electron chi connectivity index (χ1n) is 11.4. The summed E-state index contributed by atoms with van der Waals surface area (Å²) in [7, 11) is 3.53. The van der Waals surface area contributed by atoms with Gasteiger partial charge in [-0.05, 0) is 68.7 Å². The van der Waals surface area contributed by atoms with Crippen LogP contribution in [0.3, 0.4) is 0 Å². The van der Waals surface area contributed by atoms with Crippen LogP contribution in [0.5, 0.6) is 5.75 Å². The third-order valence-electron chi connectivity index (χ3n) is 6.36. The largest absolute Gasteiger partial charge is 0.496 e. The molecule has 2 fully saturated rings. The summed E-state index contributed by atoms with van der Waals surface area (Å²) in [6.45, 7) is 10.9. The highest BCUT2D eigenvalue weighted by Gasteiger charge is 2.37. The minimum absolute atomic E-state index is 0.0260. The van der Waals surface area contributed by atoms with Crippen LogP contribution >= 0.6 is 0 Å². The zero-order valence-corrected chi connectivity index (χ0v) is 20.2. The smallest absolute Gasteiger partial charge is 0.223 e. The van der Waals surface area contributed by atoms with E-state index in [1.54, 1.807) is 12.0 Å². The van der Waals surface area contributed by atoms with Gasteiger partial charge in [0.15, 0.2) is 5.78 Å². The van der Waals surface area contributed by atoms with Gasteiger partial charge in [-0.25, -0.2) is 0 Å².